The van der Waals surface area contributed by atoms with Crippen molar-refractivity contribution < 1.29 is 15.1 Å². The van der Waals surface area contributed by atoms with Gasteiger partial charge in [-0.1, -0.05) is 24.3 Å². The van der Waals surface area contributed by atoms with E-state index in [2.05, 4.69) is 20.6 Å². The van der Waals surface area contributed by atoms with Crippen LogP contribution < -0.4 is 10.6 Å². The monoisotopic (exact) mass is 381 g/mol. The number of nitrogens with one attached hydrogen (secondary N) is 2. The summed E-state index contributed by atoms with van der Waals surface area (Å²) in [6.07, 6.45) is 0. The van der Waals surface area contributed by atoms with E-state index in [1.807, 2.05) is 0 Å². The highest BCUT2D eigenvalue weighted by atomic mass is 16.6. The lowest BCUT2D eigenvalue weighted by Crippen LogP contribution is -2.07. The quantitative estimate of drug-likeness (QED) is 0.362. The summed E-state index contributed by atoms with van der Waals surface area (Å²) < 4.78 is 0. The maximum Gasteiger partial charge on any atom is 0.332 e. The van der Waals surface area contributed by atoms with Crippen molar-refractivity contribution in [2.75, 3.05) is 10.6 Å². The summed E-state index contributed by atoms with van der Waals surface area (Å²) in [6, 6.07) is 13.9. The van der Waals surface area contributed by atoms with Crippen LogP contribution in [0, 0.1) is 17.0 Å². The predicted octanol–water partition coefficient (Wildman–Crippen LogP) is 3.17. The first-order chi connectivity index (χ1) is 13.5. The zero-order chi connectivity index (χ0) is 20.1. The van der Waals surface area contributed by atoms with Gasteiger partial charge >= 0.3 is 5.69 Å². The van der Waals surface area contributed by atoms with Gasteiger partial charge in [-0.25, -0.2) is 4.98 Å². The fraction of sp³-hybridized carbons (Fsp3) is 0.158. The normalized spacial score (nSPS) is 10.5. The number of hydrogen-bond donors (Lipinski definition) is 4. The SMILES string of the molecule is Cc1nc(Nc2cccc(CO)c2)nc(Nc2cccc(CO)c2)c1[N+](=O)[O-]. The molecule has 0 amide bonds. The van der Waals surface area contributed by atoms with Crippen molar-refractivity contribution in [3.05, 3.63) is 75.5 Å². The van der Waals surface area contributed by atoms with Gasteiger partial charge in [0.1, 0.15) is 5.69 Å². The van der Waals surface area contributed by atoms with Crippen LogP contribution in [-0.4, -0.2) is 25.1 Å². The number of aliphatic hydroxyl groups excluding tert-OH is 2. The van der Waals surface area contributed by atoms with Gasteiger partial charge in [0.05, 0.1) is 18.1 Å². The number of anilines is 4. The third-order valence-electron chi connectivity index (χ3n) is 3.98. The van der Waals surface area contributed by atoms with E-state index in [1.165, 1.54) is 6.92 Å². The van der Waals surface area contributed by atoms with E-state index in [9.17, 15) is 20.3 Å². The van der Waals surface area contributed by atoms with Crippen molar-refractivity contribution in [1.82, 2.24) is 9.97 Å². The van der Waals surface area contributed by atoms with Gasteiger partial charge in [-0.15, -0.1) is 0 Å². The molecule has 0 saturated heterocycles. The molecule has 0 aliphatic heterocycles. The molecule has 0 spiro atoms. The second kappa shape index (κ2) is 8.42. The van der Waals surface area contributed by atoms with Crippen LogP contribution in [0.4, 0.5) is 28.8 Å². The maximum absolute atomic E-state index is 11.5. The second-order valence-corrected chi connectivity index (χ2v) is 6.05. The molecule has 3 aromatic rings. The molecule has 28 heavy (non-hydrogen) atoms. The largest absolute Gasteiger partial charge is 0.392 e. The molecule has 0 bridgehead atoms. The highest BCUT2D eigenvalue weighted by Gasteiger charge is 2.22. The smallest absolute Gasteiger partial charge is 0.332 e. The minimum Gasteiger partial charge on any atom is -0.392 e. The summed E-state index contributed by atoms with van der Waals surface area (Å²) in [7, 11) is 0. The van der Waals surface area contributed by atoms with Crippen molar-refractivity contribution in [2.45, 2.75) is 20.1 Å². The molecule has 1 heterocycles. The molecule has 0 saturated carbocycles. The summed E-state index contributed by atoms with van der Waals surface area (Å²) in [5.74, 6) is 0.215. The summed E-state index contributed by atoms with van der Waals surface area (Å²) >= 11 is 0. The van der Waals surface area contributed by atoms with Crippen LogP contribution in [0.5, 0.6) is 0 Å². The Bertz CT molecular complexity index is 1010. The minimum absolute atomic E-state index is 0.0356. The van der Waals surface area contributed by atoms with Crippen LogP contribution in [0.15, 0.2) is 48.5 Å². The van der Waals surface area contributed by atoms with E-state index < -0.39 is 4.92 Å². The number of rotatable bonds is 7. The van der Waals surface area contributed by atoms with E-state index in [4.69, 9.17) is 0 Å². The first-order valence-electron chi connectivity index (χ1n) is 8.47. The lowest BCUT2D eigenvalue weighted by molar-refractivity contribution is -0.385. The molecule has 0 radical (unpaired) electrons. The van der Waals surface area contributed by atoms with Crippen molar-refractivity contribution in [3.8, 4) is 0 Å². The average molecular weight is 381 g/mol. The Kier molecular flexibility index (Phi) is 5.78. The van der Waals surface area contributed by atoms with E-state index in [0.717, 1.165) is 0 Å². The molecule has 0 atom stereocenters. The van der Waals surface area contributed by atoms with Crippen molar-refractivity contribution in [1.29, 1.82) is 0 Å². The number of aromatic nitrogens is 2. The Balaban J connectivity index is 1.98. The van der Waals surface area contributed by atoms with E-state index >= 15 is 0 Å². The molecule has 0 aliphatic carbocycles. The second-order valence-electron chi connectivity index (χ2n) is 6.05. The van der Waals surface area contributed by atoms with Crippen LogP contribution in [0.3, 0.4) is 0 Å². The molecule has 144 valence electrons. The van der Waals surface area contributed by atoms with Crippen molar-refractivity contribution in [2.24, 2.45) is 0 Å². The highest BCUT2D eigenvalue weighted by molar-refractivity contribution is 5.69. The Hall–Kier alpha value is -3.56. The van der Waals surface area contributed by atoms with Gasteiger partial charge in [0.15, 0.2) is 0 Å². The summed E-state index contributed by atoms with van der Waals surface area (Å²) in [4.78, 5) is 19.4. The van der Waals surface area contributed by atoms with Crippen LogP contribution in [0.1, 0.15) is 16.8 Å². The third-order valence-corrected chi connectivity index (χ3v) is 3.98. The Morgan fingerprint density at radius 2 is 1.54 bits per heavy atom. The Morgan fingerprint density at radius 1 is 0.964 bits per heavy atom. The molecule has 4 N–H and O–H groups in total. The summed E-state index contributed by atoms with van der Waals surface area (Å²) in [6.45, 7) is 1.28. The highest BCUT2D eigenvalue weighted by Crippen LogP contribution is 2.30. The average Bonchev–Trinajstić information content (AvgIpc) is 2.67. The van der Waals surface area contributed by atoms with Gasteiger partial charge in [0.2, 0.25) is 11.8 Å². The number of aryl methyl sites for hydroxylation is 1. The lowest BCUT2D eigenvalue weighted by Gasteiger charge is -2.12. The number of nitrogens with zero attached hydrogens (tertiary/aromatic N) is 3. The van der Waals surface area contributed by atoms with Crippen molar-refractivity contribution >= 4 is 28.8 Å². The molecular formula is C19H19N5O4. The number of hydrogen-bond acceptors (Lipinski definition) is 8. The summed E-state index contributed by atoms with van der Waals surface area (Å²) in [5.41, 5.74) is 2.54. The molecule has 2 aromatic carbocycles. The zero-order valence-corrected chi connectivity index (χ0v) is 15.1. The van der Waals surface area contributed by atoms with Crippen LogP contribution in [0.2, 0.25) is 0 Å². The van der Waals surface area contributed by atoms with Gasteiger partial charge in [0, 0.05) is 11.4 Å². The van der Waals surface area contributed by atoms with Gasteiger partial charge in [-0.3, -0.25) is 10.1 Å². The molecule has 0 aliphatic rings. The molecule has 0 unspecified atom stereocenters. The lowest BCUT2D eigenvalue weighted by atomic mass is 10.2. The molecule has 0 fully saturated rings. The Morgan fingerprint density at radius 3 is 2.07 bits per heavy atom. The summed E-state index contributed by atoms with van der Waals surface area (Å²) in [5, 5.41) is 36.0. The third kappa shape index (κ3) is 4.40. The number of aliphatic hydroxyl groups is 2. The standard InChI is InChI=1S/C19H19N5O4/c1-12-17(24(27)28)18(21-15-6-2-4-13(8-15)10-25)23-19(20-12)22-16-7-3-5-14(9-16)11-26/h2-9,25-26H,10-11H2,1H3,(H2,20,21,22,23). The Labute approximate surface area is 160 Å². The van der Waals surface area contributed by atoms with Crippen LogP contribution in [0.25, 0.3) is 0 Å². The van der Waals surface area contributed by atoms with Crippen LogP contribution in [-0.2, 0) is 13.2 Å². The topological polar surface area (TPSA) is 133 Å². The van der Waals surface area contributed by atoms with Crippen LogP contribution >= 0.6 is 0 Å². The van der Waals surface area contributed by atoms with E-state index in [0.29, 0.717) is 22.5 Å². The fourth-order valence-electron chi connectivity index (χ4n) is 2.69. The molecule has 9 heteroatoms. The van der Waals surface area contributed by atoms with E-state index in [-0.39, 0.29) is 36.4 Å². The first kappa shape index (κ1) is 19.2. The zero-order valence-electron chi connectivity index (χ0n) is 15.1. The van der Waals surface area contributed by atoms with Gasteiger partial charge in [-0.2, -0.15) is 4.98 Å². The predicted molar refractivity (Wildman–Crippen MR) is 105 cm³/mol. The maximum atomic E-state index is 11.5. The van der Waals surface area contributed by atoms with Gasteiger partial charge in [0.25, 0.3) is 0 Å². The molecular weight excluding hydrogens is 362 g/mol. The van der Waals surface area contributed by atoms with E-state index in [1.54, 1.807) is 48.5 Å². The molecule has 1 aromatic heterocycles. The van der Waals surface area contributed by atoms with Crippen molar-refractivity contribution in [3.63, 3.8) is 0 Å². The number of benzene rings is 2. The molecule has 9 nitrogen and oxygen atoms in total. The minimum atomic E-state index is -0.538. The van der Waals surface area contributed by atoms with Gasteiger partial charge < -0.3 is 20.8 Å². The number of nitro groups is 1. The fourth-order valence-corrected chi connectivity index (χ4v) is 2.69. The molecule has 3 rings (SSSR count). The first-order valence-corrected chi connectivity index (χ1v) is 8.47. The van der Waals surface area contributed by atoms with Gasteiger partial charge in [-0.05, 0) is 42.3 Å².